The van der Waals surface area contributed by atoms with Gasteiger partial charge in [0.1, 0.15) is 5.82 Å². The zero-order valence-electron chi connectivity index (χ0n) is 15.1. The highest BCUT2D eigenvalue weighted by Gasteiger charge is 2.33. The molecule has 1 amide bonds. The van der Waals surface area contributed by atoms with Crippen LogP contribution in [0.1, 0.15) is 64.4 Å². The third-order valence-corrected chi connectivity index (χ3v) is 4.58. The normalized spacial score (nSPS) is 14.7. The molecule has 0 unspecified atom stereocenters. The van der Waals surface area contributed by atoms with Crippen molar-refractivity contribution < 1.29 is 9.18 Å². The molecule has 0 aromatic heterocycles. The summed E-state index contributed by atoms with van der Waals surface area (Å²) in [5.41, 5.74) is 2.07. The number of unbranched alkanes of at least 4 members (excludes halogenated alkanes) is 2. The number of hydrogen-bond acceptors (Lipinski definition) is 1. The average molecular weight is 331 g/mol. The summed E-state index contributed by atoms with van der Waals surface area (Å²) in [6.07, 6.45) is 10.3. The lowest BCUT2D eigenvalue weighted by Crippen LogP contribution is -2.36. The molecule has 1 aromatic carbocycles. The lowest BCUT2D eigenvalue weighted by Gasteiger charge is -2.24. The van der Waals surface area contributed by atoms with Crippen molar-refractivity contribution in [2.24, 2.45) is 0 Å². The second-order valence-corrected chi connectivity index (χ2v) is 6.70. The second-order valence-electron chi connectivity index (χ2n) is 6.70. The Morgan fingerprint density at radius 3 is 2.50 bits per heavy atom. The van der Waals surface area contributed by atoms with Crippen LogP contribution in [0.2, 0.25) is 0 Å². The summed E-state index contributed by atoms with van der Waals surface area (Å²) in [6, 6.07) is 7.02. The van der Waals surface area contributed by atoms with Crippen molar-refractivity contribution >= 4 is 5.91 Å². The Labute approximate surface area is 145 Å². The van der Waals surface area contributed by atoms with Gasteiger partial charge in [0.05, 0.1) is 0 Å². The van der Waals surface area contributed by atoms with Crippen molar-refractivity contribution in [3.63, 3.8) is 0 Å². The van der Waals surface area contributed by atoms with Gasteiger partial charge in [-0.05, 0) is 56.2 Å². The minimum atomic E-state index is -0.210. The standard InChI is InChI=1S/C21H30FNO/c1-3-5-6-8-18(7-4-2)21(24)23(20-13-14-20)16-15-17-9-11-19(22)12-10-17/h7,9-12,20H,3-6,8,13-16H2,1-2H3. The molecule has 132 valence electrons. The maximum Gasteiger partial charge on any atom is 0.249 e. The smallest absolute Gasteiger partial charge is 0.249 e. The van der Waals surface area contributed by atoms with E-state index in [1.54, 1.807) is 0 Å². The fourth-order valence-corrected chi connectivity index (χ4v) is 3.03. The van der Waals surface area contributed by atoms with E-state index in [1.165, 1.54) is 25.0 Å². The van der Waals surface area contributed by atoms with E-state index in [1.807, 2.05) is 12.1 Å². The third-order valence-electron chi connectivity index (χ3n) is 4.58. The van der Waals surface area contributed by atoms with Gasteiger partial charge in [0.15, 0.2) is 0 Å². The van der Waals surface area contributed by atoms with Gasteiger partial charge in [-0.3, -0.25) is 4.79 Å². The molecule has 0 spiro atoms. The van der Waals surface area contributed by atoms with Gasteiger partial charge in [0.2, 0.25) is 5.91 Å². The van der Waals surface area contributed by atoms with Crippen LogP contribution >= 0.6 is 0 Å². The number of hydrogen-bond donors (Lipinski definition) is 0. The molecule has 1 aliphatic carbocycles. The number of benzene rings is 1. The van der Waals surface area contributed by atoms with E-state index < -0.39 is 0 Å². The molecule has 1 aromatic rings. The van der Waals surface area contributed by atoms with E-state index in [2.05, 4.69) is 24.8 Å². The number of amides is 1. The predicted molar refractivity (Wildman–Crippen MR) is 97.4 cm³/mol. The van der Waals surface area contributed by atoms with E-state index in [9.17, 15) is 9.18 Å². The quantitative estimate of drug-likeness (QED) is 0.422. The summed E-state index contributed by atoms with van der Waals surface area (Å²) >= 11 is 0. The van der Waals surface area contributed by atoms with Crippen LogP contribution in [-0.2, 0) is 11.2 Å². The van der Waals surface area contributed by atoms with Crippen LogP contribution in [0.15, 0.2) is 35.9 Å². The van der Waals surface area contributed by atoms with Gasteiger partial charge in [-0.15, -0.1) is 0 Å². The molecule has 0 heterocycles. The summed E-state index contributed by atoms with van der Waals surface area (Å²) < 4.78 is 13.0. The van der Waals surface area contributed by atoms with Crippen molar-refractivity contribution in [3.8, 4) is 0 Å². The lowest BCUT2D eigenvalue weighted by atomic mass is 10.0. The molecule has 0 N–H and O–H groups in total. The second kappa shape index (κ2) is 9.61. The lowest BCUT2D eigenvalue weighted by molar-refractivity contribution is -0.127. The zero-order valence-corrected chi connectivity index (χ0v) is 15.1. The summed E-state index contributed by atoms with van der Waals surface area (Å²) in [6.45, 7) is 5.00. The average Bonchev–Trinajstić information content (AvgIpc) is 3.41. The molecular weight excluding hydrogens is 301 g/mol. The van der Waals surface area contributed by atoms with Gasteiger partial charge in [0, 0.05) is 18.2 Å². The summed E-state index contributed by atoms with van der Waals surface area (Å²) in [7, 11) is 0. The van der Waals surface area contributed by atoms with Crippen LogP contribution in [0.5, 0.6) is 0 Å². The number of carbonyl (C=O) groups is 1. The first-order valence-corrected chi connectivity index (χ1v) is 9.40. The molecule has 1 aliphatic rings. The third kappa shape index (κ3) is 5.77. The molecule has 1 fully saturated rings. The molecule has 2 nitrogen and oxygen atoms in total. The molecule has 0 aliphatic heterocycles. The summed E-state index contributed by atoms with van der Waals surface area (Å²) in [4.78, 5) is 15.0. The topological polar surface area (TPSA) is 20.3 Å². The molecule has 24 heavy (non-hydrogen) atoms. The molecular formula is C21H30FNO. The van der Waals surface area contributed by atoms with Gasteiger partial charge < -0.3 is 4.90 Å². The van der Waals surface area contributed by atoms with Gasteiger partial charge >= 0.3 is 0 Å². The molecule has 1 saturated carbocycles. The minimum absolute atomic E-state index is 0.210. The van der Waals surface area contributed by atoms with Gasteiger partial charge in [-0.2, -0.15) is 0 Å². The molecule has 2 rings (SSSR count). The number of nitrogens with zero attached hydrogens (tertiary/aromatic N) is 1. The molecule has 0 radical (unpaired) electrons. The number of rotatable bonds is 10. The molecule has 0 saturated heterocycles. The summed E-state index contributed by atoms with van der Waals surface area (Å²) in [5.74, 6) is 0.00975. The highest BCUT2D eigenvalue weighted by atomic mass is 19.1. The van der Waals surface area contributed by atoms with Crippen LogP contribution < -0.4 is 0 Å². The Morgan fingerprint density at radius 2 is 1.92 bits per heavy atom. The van der Waals surface area contributed by atoms with E-state index in [0.717, 1.165) is 56.2 Å². The van der Waals surface area contributed by atoms with Crippen LogP contribution in [0, 0.1) is 5.82 Å². The van der Waals surface area contributed by atoms with Gasteiger partial charge in [-0.25, -0.2) is 4.39 Å². The molecule has 0 bridgehead atoms. The van der Waals surface area contributed by atoms with Crippen molar-refractivity contribution in [2.75, 3.05) is 6.54 Å². The largest absolute Gasteiger partial charge is 0.336 e. The van der Waals surface area contributed by atoms with E-state index >= 15 is 0 Å². The SMILES string of the molecule is CCC=C(CCCCC)C(=O)N(CCc1ccc(F)cc1)C1CC1. The van der Waals surface area contributed by atoms with Crippen LogP contribution in [0.25, 0.3) is 0 Å². The van der Waals surface area contributed by atoms with Crippen LogP contribution in [0.4, 0.5) is 4.39 Å². The Morgan fingerprint density at radius 1 is 1.21 bits per heavy atom. The summed E-state index contributed by atoms with van der Waals surface area (Å²) in [5, 5.41) is 0. The van der Waals surface area contributed by atoms with E-state index in [-0.39, 0.29) is 11.7 Å². The van der Waals surface area contributed by atoms with Crippen molar-refractivity contribution in [1.82, 2.24) is 4.90 Å². The minimum Gasteiger partial charge on any atom is -0.336 e. The Kier molecular flexibility index (Phi) is 7.48. The van der Waals surface area contributed by atoms with Gasteiger partial charge in [-0.1, -0.05) is 44.9 Å². The Balaban J connectivity index is 1.98. The highest BCUT2D eigenvalue weighted by Crippen LogP contribution is 2.29. The Bertz CT molecular complexity index is 545. The monoisotopic (exact) mass is 331 g/mol. The predicted octanol–water partition coefficient (Wildman–Crippen LogP) is 5.28. The van der Waals surface area contributed by atoms with Crippen LogP contribution in [0.3, 0.4) is 0 Å². The maximum absolute atomic E-state index is 13.0. The first-order valence-electron chi connectivity index (χ1n) is 9.40. The van der Waals surface area contributed by atoms with E-state index in [4.69, 9.17) is 0 Å². The highest BCUT2D eigenvalue weighted by molar-refractivity contribution is 5.93. The van der Waals surface area contributed by atoms with Crippen molar-refractivity contribution in [2.45, 2.75) is 71.3 Å². The molecule has 3 heteroatoms. The van der Waals surface area contributed by atoms with Crippen molar-refractivity contribution in [3.05, 3.63) is 47.3 Å². The van der Waals surface area contributed by atoms with Crippen molar-refractivity contribution in [1.29, 1.82) is 0 Å². The fourth-order valence-electron chi connectivity index (χ4n) is 3.03. The van der Waals surface area contributed by atoms with Gasteiger partial charge in [0.25, 0.3) is 0 Å². The first-order chi connectivity index (χ1) is 11.7. The fraction of sp³-hybridized carbons (Fsp3) is 0.571. The number of carbonyl (C=O) groups excluding carboxylic acids is 1. The van der Waals surface area contributed by atoms with E-state index in [0.29, 0.717) is 6.04 Å². The first kappa shape index (κ1) is 18.7. The Hall–Kier alpha value is -1.64. The van der Waals surface area contributed by atoms with Crippen LogP contribution in [-0.4, -0.2) is 23.4 Å². The number of allylic oxidation sites excluding steroid dienone is 1. The maximum atomic E-state index is 13.0. The number of halogens is 1. The zero-order chi connectivity index (χ0) is 17.4. The molecule has 0 atom stereocenters.